The Hall–Kier alpha value is -10.4. The topological polar surface area (TPSA) is 394 Å². The summed E-state index contributed by atoms with van der Waals surface area (Å²) in [4.78, 5) is 103. The van der Waals surface area contributed by atoms with E-state index in [1.54, 1.807) is 44.1 Å². The number of hydrogen-bond donors (Lipinski definition) is 8. The van der Waals surface area contributed by atoms with E-state index < -0.39 is 51.4 Å². The lowest BCUT2D eigenvalue weighted by Gasteiger charge is -2.36. The number of pyridine rings is 3. The molecule has 6 fully saturated rings. The van der Waals surface area contributed by atoms with E-state index in [2.05, 4.69) is 34.5 Å². The van der Waals surface area contributed by atoms with Crippen molar-refractivity contribution in [2.75, 3.05) is 133 Å². The van der Waals surface area contributed by atoms with Gasteiger partial charge in [-0.1, -0.05) is 0 Å². The minimum absolute atomic E-state index is 0.0111. The van der Waals surface area contributed by atoms with Crippen molar-refractivity contribution >= 4 is 97.5 Å². The number of carbonyl (C=O) groups is 2. The molecule has 3 aliphatic heterocycles. The maximum Gasteiger partial charge on any atom is 0.341 e. The summed E-state index contributed by atoms with van der Waals surface area (Å²) in [6.07, 6.45) is 9.84. The van der Waals surface area contributed by atoms with Gasteiger partial charge < -0.3 is 87.7 Å². The Morgan fingerprint density at radius 2 is 0.737 bits per heavy atom. The molecule has 12 rings (SSSR count). The second kappa shape index (κ2) is 26.9. The summed E-state index contributed by atoms with van der Waals surface area (Å²) >= 11 is 0. The van der Waals surface area contributed by atoms with E-state index in [0.29, 0.717) is 131 Å². The number of carboxylic acids is 2. The molecule has 29 nitrogen and oxygen atoms in total. The van der Waals surface area contributed by atoms with Crippen molar-refractivity contribution in [3.8, 4) is 0 Å². The van der Waals surface area contributed by atoms with Crippen molar-refractivity contribution in [2.45, 2.75) is 63.6 Å². The van der Waals surface area contributed by atoms with Crippen LogP contribution in [0.3, 0.4) is 0 Å². The van der Waals surface area contributed by atoms with E-state index in [-0.39, 0.29) is 101 Å². The number of fused-ring (bicyclic) bond motifs is 3. The number of piperazine rings is 3. The van der Waals surface area contributed by atoms with E-state index in [9.17, 15) is 34.2 Å². The molecule has 6 heterocycles. The smallest absolute Gasteiger partial charge is 0.341 e. The second-order valence-electron chi connectivity index (χ2n) is 24.8. The Labute approximate surface area is 542 Å². The molecule has 95 heavy (non-hydrogen) atoms. The van der Waals surface area contributed by atoms with E-state index in [0.717, 1.165) is 50.7 Å². The monoisotopic (exact) mass is 1310 g/mol. The van der Waals surface area contributed by atoms with Gasteiger partial charge in [-0.15, -0.1) is 0 Å². The average Bonchev–Trinajstić information content (AvgIpc) is 1.66. The van der Waals surface area contributed by atoms with Gasteiger partial charge >= 0.3 is 11.9 Å². The standard InChI is InChI=1S/C63H77F3N22O7/c1-35-32-86(36-2-3-36)47-29-50(44(64)26-39(47)53(35)89)80-14-20-83(21-15-80)61(70)76-58(67)73-8-11-79(12-9-74-59(68)77-62(71)84-22-16-81(17-23-84)51-30-48-40(27-45(51)65)54(90)42(56(92)93)33-87(48)37-4-5-37)13-10-75-60(69)78-63(72)85-24-18-82(19-25-85)52-31-49-41(28-46(52)66)55(91)43(57(94)95)34-88(49)38-6-7-38/h26-34,36-38H,2-25H2,1H3,(H,92,93)(H,94,95)(H4,67,70,73,76)(H4,68,71,74,77)(H4,69,72,75,78). The molecule has 0 unspecified atom stereocenters. The van der Waals surface area contributed by atoms with E-state index in [4.69, 9.17) is 34.4 Å². The van der Waals surface area contributed by atoms with Crippen LogP contribution in [-0.4, -0.2) is 209 Å². The highest BCUT2D eigenvalue weighted by Crippen LogP contribution is 2.41. The Bertz CT molecular complexity index is 4220. The van der Waals surface area contributed by atoms with Gasteiger partial charge in [0.05, 0.1) is 53.2 Å². The quantitative estimate of drug-likeness (QED) is 0.0476. The molecular weight excluding hydrogens is 1230 g/mol. The number of aliphatic imine (C=N–C) groups is 6. The molecule has 3 saturated carbocycles. The van der Waals surface area contributed by atoms with Crippen LogP contribution >= 0.6 is 0 Å². The third-order valence-electron chi connectivity index (χ3n) is 18.4. The summed E-state index contributed by atoms with van der Waals surface area (Å²) in [5.74, 6) is -4.35. The van der Waals surface area contributed by atoms with Gasteiger partial charge in [0.15, 0.2) is 23.3 Å². The Kier molecular flexibility index (Phi) is 18.3. The Morgan fingerprint density at radius 3 is 1.02 bits per heavy atom. The number of nitrogens with two attached hydrogens (primary N) is 6. The molecular formula is C63H77F3N22O7. The number of halogens is 3. The van der Waals surface area contributed by atoms with Crippen molar-refractivity contribution < 1.29 is 33.0 Å². The number of rotatable bonds is 17. The third-order valence-corrected chi connectivity index (χ3v) is 18.4. The molecule has 0 bridgehead atoms. The molecule has 3 saturated heterocycles. The zero-order valence-electron chi connectivity index (χ0n) is 52.6. The van der Waals surface area contributed by atoms with Crippen molar-refractivity contribution in [3.63, 3.8) is 0 Å². The number of aryl methyl sites for hydroxylation is 1. The summed E-state index contributed by atoms with van der Waals surface area (Å²) in [6, 6.07) is 8.91. The number of benzene rings is 3. The zero-order chi connectivity index (χ0) is 67.1. The summed E-state index contributed by atoms with van der Waals surface area (Å²) in [5, 5.41) is 19.7. The first kappa shape index (κ1) is 64.7. The summed E-state index contributed by atoms with van der Waals surface area (Å²) in [5.41, 5.74) is 39.1. The normalized spacial score (nSPS) is 18.4. The minimum atomic E-state index is -1.37. The van der Waals surface area contributed by atoms with Crippen LogP contribution in [0.1, 0.15) is 82.9 Å². The van der Waals surface area contributed by atoms with Gasteiger partial charge in [0, 0.05) is 157 Å². The van der Waals surface area contributed by atoms with Gasteiger partial charge in [-0.25, -0.2) is 22.8 Å². The van der Waals surface area contributed by atoms with Gasteiger partial charge in [0.25, 0.3) is 0 Å². The molecule has 0 radical (unpaired) electrons. The number of carboxylic acid groups (broad SMARTS) is 2. The van der Waals surface area contributed by atoms with Gasteiger partial charge in [-0.3, -0.25) is 34.3 Å². The first-order valence-electron chi connectivity index (χ1n) is 31.8. The van der Waals surface area contributed by atoms with Crippen molar-refractivity contribution in [2.24, 2.45) is 64.4 Å². The molecule has 0 spiro atoms. The van der Waals surface area contributed by atoms with Crippen LogP contribution in [0.25, 0.3) is 32.7 Å². The van der Waals surface area contributed by atoms with Crippen LogP contribution < -0.4 is 65.4 Å². The number of aromatic carboxylic acids is 2. The summed E-state index contributed by atoms with van der Waals surface area (Å²) in [6.45, 7) is 7.79. The highest BCUT2D eigenvalue weighted by atomic mass is 19.1. The number of anilines is 3. The van der Waals surface area contributed by atoms with Gasteiger partial charge in [0.1, 0.15) is 28.6 Å². The van der Waals surface area contributed by atoms with Crippen molar-refractivity contribution in [3.05, 3.63) is 120 Å². The van der Waals surface area contributed by atoms with Crippen molar-refractivity contribution in [1.29, 1.82) is 0 Å². The minimum Gasteiger partial charge on any atom is -0.477 e. The van der Waals surface area contributed by atoms with Crippen LogP contribution in [0.4, 0.5) is 30.2 Å². The van der Waals surface area contributed by atoms with Crippen LogP contribution in [0.2, 0.25) is 0 Å². The summed E-state index contributed by atoms with van der Waals surface area (Å²) in [7, 11) is 0. The fraction of sp³-hybridized carbons (Fsp3) is 0.444. The molecule has 6 aromatic rings. The lowest BCUT2D eigenvalue weighted by Crippen LogP contribution is -2.51. The van der Waals surface area contributed by atoms with E-state index in [1.807, 2.05) is 30.7 Å². The van der Waals surface area contributed by atoms with Gasteiger partial charge in [-0.05, 0) is 81.8 Å². The fourth-order valence-corrected chi connectivity index (χ4v) is 12.7. The molecule has 3 aromatic carbocycles. The van der Waals surface area contributed by atoms with Crippen LogP contribution in [0, 0.1) is 24.4 Å². The SMILES string of the molecule is Cc1cn(C2CC2)c2cc(N3CCN(/C(N)=N\C(N)=NCCN(CCN=C(N)/N=C(/N)N4CCN(c5cc6c(cc5F)c(=O)c(C(=O)O)cn6C5CC5)CC4)CCN=C(N)/N=C(/N)N4CCN(c5cc6c(cc5F)c(=O)c(C(=O)O)cn6C5CC5)CC4)CC3)c(F)cc2c1=O. The van der Waals surface area contributed by atoms with Gasteiger partial charge in [0.2, 0.25) is 28.7 Å². The van der Waals surface area contributed by atoms with Crippen LogP contribution in [-0.2, 0) is 0 Å². The average molecular weight is 1310 g/mol. The lowest BCUT2D eigenvalue weighted by atomic mass is 10.1. The predicted molar refractivity (Wildman–Crippen MR) is 360 cm³/mol. The highest BCUT2D eigenvalue weighted by Gasteiger charge is 2.33. The Balaban J connectivity index is 0.676. The molecule has 502 valence electrons. The molecule has 14 N–H and O–H groups in total. The number of guanidine groups is 6. The lowest BCUT2D eigenvalue weighted by molar-refractivity contribution is 0.0684. The largest absolute Gasteiger partial charge is 0.477 e. The maximum absolute atomic E-state index is 15.7. The molecule has 6 aliphatic rings. The number of aromatic nitrogens is 3. The van der Waals surface area contributed by atoms with E-state index >= 15 is 13.2 Å². The number of hydrogen-bond acceptors (Lipinski definition) is 12. The molecule has 0 amide bonds. The maximum atomic E-state index is 15.7. The van der Waals surface area contributed by atoms with Crippen LogP contribution in [0.15, 0.2) is 99.3 Å². The summed E-state index contributed by atoms with van der Waals surface area (Å²) < 4.78 is 52.8. The fourth-order valence-electron chi connectivity index (χ4n) is 12.7. The third kappa shape index (κ3) is 14.1. The van der Waals surface area contributed by atoms with Gasteiger partial charge in [-0.2, -0.15) is 15.0 Å². The highest BCUT2D eigenvalue weighted by molar-refractivity contribution is 5.97. The predicted octanol–water partition coefficient (Wildman–Crippen LogP) is 1.71. The van der Waals surface area contributed by atoms with E-state index in [1.165, 1.54) is 18.5 Å². The molecule has 0 atom stereocenters. The number of nitrogens with zero attached hydrogens (tertiary/aromatic N) is 16. The molecule has 3 aliphatic carbocycles. The molecule has 32 heteroatoms. The van der Waals surface area contributed by atoms with Crippen LogP contribution in [0.5, 0.6) is 0 Å². The zero-order valence-corrected chi connectivity index (χ0v) is 52.6. The first-order chi connectivity index (χ1) is 45.6. The molecule has 3 aromatic heterocycles. The van der Waals surface area contributed by atoms with Crippen molar-refractivity contribution in [1.82, 2.24) is 33.3 Å². The Morgan fingerprint density at radius 1 is 0.453 bits per heavy atom. The second-order valence-corrected chi connectivity index (χ2v) is 24.8. The first-order valence-corrected chi connectivity index (χ1v) is 31.8.